The monoisotopic (exact) mass is 524 g/mol. The van der Waals surface area contributed by atoms with Crippen LogP contribution < -0.4 is 15.0 Å². The molecule has 8 heteroatoms. The first kappa shape index (κ1) is 22.8. The number of ether oxygens (including phenoxy) is 1. The summed E-state index contributed by atoms with van der Waals surface area (Å²) < 4.78 is 6.55. The number of carbonyl (C=O) groups excluding carboxylic acids is 3. The van der Waals surface area contributed by atoms with Crippen molar-refractivity contribution in [3.05, 3.63) is 98.5 Å². The number of hydrogen-bond donors (Lipinski definition) is 1. The molecule has 0 spiro atoms. The Bertz CT molecular complexity index is 1310. The van der Waals surface area contributed by atoms with E-state index in [1.54, 1.807) is 36.4 Å². The Balaban J connectivity index is 1.57. The maximum Gasteiger partial charge on any atom is 0.335 e. The van der Waals surface area contributed by atoms with Crippen LogP contribution in [0.3, 0.4) is 0 Å². The third kappa shape index (κ3) is 5.16. The van der Waals surface area contributed by atoms with Gasteiger partial charge in [-0.3, -0.25) is 14.9 Å². The fourth-order valence-electron chi connectivity index (χ4n) is 3.36. The molecule has 0 aliphatic carbocycles. The number of imide groups is 2. The molecule has 166 valence electrons. The van der Waals surface area contributed by atoms with E-state index in [0.29, 0.717) is 27.4 Å². The van der Waals surface area contributed by atoms with Crippen LogP contribution in [0, 0.1) is 6.92 Å². The average molecular weight is 526 g/mol. The van der Waals surface area contributed by atoms with Crippen LogP contribution in [0.1, 0.15) is 16.7 Å². The summed E-state index contributed by atoms with van der Waals surface area (Å²) in [6.45, 7) is 2.42. The zero-order chi connectivity index (χ0) is 23.5. The van der Waals surface area contributed by atoms with Gasteiger partial charge in [0, 0.05) is 5.02 Å². The largest absolute Gasteiger partial charge is 0.488 e. The highest BCUT2D eigenvalue weighted by molar-refractivity contribution is 9.10. The Morgan fingerprint density at radius 3 is 2.55 bits per heavy atom. The van der Waals surface area contributed by atoms with E-state index >= 15 is 0 Å². The quantitative estimate of drug-likeness (QED) is 0.345. The summed E-state index contributed by atoms with van der Waals surface area (Å²) >= 11 is 9.47. The second-order valence-corrected chi connectivity index (χ2v) is 8.70. The Hall–Kier alpha value is -3.42. The van der Waals surface area contributed by atoms with Crippen LogP contribution in [0.5, 0.6) is 5.75 Å². The van der Waals surface area contributed by atoms with E-state index in [0.717, 1.165) is 16.0 Å². The van der Waals surface area contributed by atoms with Gasteiger partial charge in [-0.1, -0.05) is 53.6 Å². The SMILES string of the molecule is Cc1cccc(COc2ccc(/C=C3\C(=O)NC(=O)N(c4cccc(Cl)c4)C3=O)cc2Br)c1. The first-order valence-electron chi connectivity index (χ1n) is 9.97. The van der Waals surface area contributed by atoms with Crippen LogP contribution in [0.2, 0.25) is 5.02 Å². The molecule has 0 unspecified atom stereocenters. The lowest BCUT2D eigenvalue weighted by Crippen LogP contribution is -2.54. The molecular formula is C25H18BrClN2O4. The van der Waals surface area contributed by atoms with Gasteiger partial charge in [0.15, 0.2) is 0 Å². The molecule has 6 nitrogen and oxygen atoms in total. The highest BCUT2D eigenvalue weighted by Crippen LogP contribution is 2.29. The Kier molecular flexibility index (Phi) is 6.62. The number of carbonyl (C=O) groups is 3. The molecule has 1 heterocycles. The van der Waals surface area contributed by atoms with Gasteiger partial charge in [0.25, 0.3) is 11.8 Å². The first-order valence-corrected chi connectivity index (χ1v) is 11.1. The summed E-state index contributed by atoms with van der Waals surface area (Å²) in [4.78, 5) is 38.6. The highest BCUT2D eigenvalue weighted by Gasteiger charge is 2.36. The van der Waals surface area contributed by atoms with E-state index in [-0.39, 0.29) is 11.3 Å². The summed E-state index contributed by atoms with van der Waals surface area (Å²) in [7, 11) is 0. The van der Waals surface area contributed by atoms with E-state index in [9.17, 15) is 14.4 Å². The summed E-state index contributed by atoms with van der Waals surface area (Å²) in [6, 6.07) is 18.7. The third-order valence-corrected chi connectivity index (χ3v) is 5.77. The topological polar surface area (TPSA) is 75.7 Å². The first-order chi connectivity index (χ1) is 15.8. The van der Waals surface area contributed by atoms with Gasteiger partial charge in [-0.25, -0.2) is 9.69 Å². The lowest BCUT2D eigenvalue weighted by molar-refractivity contribution is -0.122. The molecule has 0 saturated carbocycles. The normalized spacial score (nSPS) is 15.1. The number of hydrogen-bond acceptors (Lipinski definition) is 4. The second kappa shape index (κ2) is 9.60. The van der Waals surface area contributed by atoms with E-state index < -0.39 is 17.8 Å². The molecular weight excluding hydrogens is 508 g/mol. The van der Waals surface area contributed by atoms with Crippen LogP contribution in [0.4, 0.5) is 10.5 Å². The smallest absolute Gasteiger partial charge is 0.335 e. The maximum atomic E-state index is 13.0. The average Bonchev–Trinajstić information content (AvgIpc) is 2.76. The summed E-state index contributed by atoms with van der Waals surface area (Å²) in [6.07, 6.45) is 1.43. The number of anilines is 1. The van der Waals surface area contributed by atoms with Crippen molar-refractivity contribution >= 4 is 57.1 Å². The van der Waals surface area contributed by atoms with Gasteiger partial charge in [0.05, 0.1) is 10.2 Å². The second-order valence-electron chi connectivity index (χ2n) is 7.41. The summed E-state index contributed by atoms with van der Waals surface area (Å²) in [5.41, 5.74) is 2.88. The van der Waals surface area contributed by atoms with E-state index in [4.69, 9.17) is 16.3 Å². The minimum atomic E-state index is -0.828. The van der Waals surface area contributed by atoms with Crippen molar-refractivity contribution in [2.75, 3.05) is 4.90 Å². The number of halogens is 2. The van der Waals surface area contributed by atoms with Crippen molar-refractivity contribution in [2.24, 2.45) is 0 Å². The molecule has 1 fully saturated rings. The molecule has 1 aliphatic rings. The lowest BCUT2D eigenvalue weighted by atomic mass is 10.1. The molecule has 0 bridgehead atoms. The van der Waals surface area contributed by atoms with Gasteiger partial charge < -0.3 is 4.74 Å². The van der Waals surface area contributed by atoms with Crippen LogP contribution in [-0.2, 0) is 16.2 Å². The summed E-state index contributed by atoms with van der Waals surface area (Å²) in [5.74, 6) is -0.880. The number of aryl methyl sites for hydroxylation is 1. The number of benzene rings is 3. The van der Waals surface area contributed by atoms with Crippen LogP contribution >= 0.6 is 27.5 Å². The fraction of sp³-hybridized carbons (Fsp3) is 0.0800. The molecule has 1 N–H and O–H groups in total. The number of barbiturate groups is 1. The standard InChI is InChI=1S/C25H18BrClN2O4/c1-15-4-2-5-17(10-15)14-33-22-9-8-16(12-21(22)26)11-20-23(30)28-25(32)29(24(20)31)19-7-3-6-18(27)13-19/h2-13H,14H2,1H3,(H,28,30,32)/b20-11+. The molecule has 4 rings (SSSR count). The number of nitrogens with zero attached hydrogens (tertiary/aromatic N) is 1. The van der Waals surface area contributed by atoms with E-state index in [2.05, 4.69) is 21.2 Å². The van der Waals surface area contributed by atoms with Gasteiger partial charge in [-0.05, 0) is 70.4 Å². The summed E-state index contributed by atoms with van der Waals surface area (Å²) in [5, 5.41) is 2.56. The highest BCUT2D eigenvalue weighted by atomic mass is 79.9. The predicted molar refractivity (Wildman–Crippen MR) is 130 cm³/mol. The molecule has 0 radical (unpaired) electrons. The number of urea groups is 1. The van der Waals surface area contributed by atoms with Crippen LogP contribution in [0.25, 0.3) is 6.08 Å². The van der Waals surface area contributed by atoms with Gasteiger partial charge >= 0.3 is 6.03 Å². The molecule has 4 amide bonds. The zero-order valence-corrected chi connectivity index (χ0v) is 19.8. The predicted octanol–water partition coefficient (Wildman–Crippen LogP) is 5.66. The van der Waals surface area contributed by atoms with Gasteiger partial charge in [0.2, 0.25) is 0 Å². The Morgan fingerprint density at radius 2 is 1.82 bits per heavy atom. The maximum absolute atomic E-state index is 13.0. The van der Waals surface area contributed by atoms with Crippen molar-refractivity contribution in [3.8, 4) is 5.75 Å². The lowest BCUT2D eigenvalue weighted by Gasteiger charge is -2.26. The molecule has 3 aromatic carbocycles. The van der Waals surface area contributed by atoms with Gasteiger partial charge in [0.1, 0.15) is 17.9 Å². The molecule has 0 atom stereocenters. The molecule has 0 aromatic heterocycles. The third-order valence-electron chi connectivity index (χ3n) is 4.91. The van der Waals surface area contributed by atoms with Crippen LogP contribution in [0.15, 0.2) is 76.8 Å². The number of rotatable bonds is 5. The minimum absolute atomic E-state index is 0.171. The van der Waals surface area contributed by atoms with Crippen molar-refractivity contribution in [3.63, 3.8) is 0 Å². The molecule has 1 saturated heterocycles. The fourth-order valence-corrected chi connectivity index (χ4v) is 4.06. The van der Waals surface area contributed by atoms with E-state index in [1.807, 2.05) is 31.2 Å². The van der Waals surface area contributed by atoms with Gasteiger partial charge in [-0.2, -0.15) is 0 Å². The van der Waals surface area contributed by atoms with Crippen molar-refractivity contribution in [1.82, 2.24) is 5.32 Å². The van der Waals surface area contributed by atoms with Crippen molar-refractivity contribution in [2.45, 2.75) is 13.5 Å². The van der Waals surface area contributed by atoms with Crippen molar-refractivity contribution in [1.29, 1.82) is 0 Å². The number of nitrogens with one attached hydrogen (secondary N) is 1. The Morgan fingerprint density at radius 1 is 1.03 bits per heavy atom. The van der Waals surface area contributed by atoms with E-state index in [1.165, 1.54) is 12.1 Å². The van der Waals surface area contributed by atoms with Crippen molar-refractivity contribution < 1.29 is 19.1 Å². The molecule has 33 heavy (non-hydrogen) atoms. The van der Waals surface area contributed by atoms with Gasteiger partial charge in [-0.15, -0.1) is 0 Å². The molecule has 3 aromatic rings. The molecule has 1 aliphatic heterocycles. The zero-order valence-electron chi connectivity index (χ0n) is 17.5. The minimum Gasteiger partial charge on any atom is -0.488 e. The number of amides is 4. The van der Waals surface area contributed by atoms with Crippen LogP contribution in [-0.4, -0.2) is 17.8 Å². The Labute approximate surface area is 203 Å².